The SMILES string of the molecule is Cc1c(Cl)cccc1NC(=O)[C@H](C)SC[C@H](C)CO. The fourth-order valence-corrected chi connectivity index (χ4v) is 2.52. The number of anilines is 1. The zero-order valence-corrected chi connectivity index (χ0v) is 13.0. The highest BCUT2D eigenvalue weighted by molar-refractivity contribution is 8.00. The van der Waals surface area contributed by atoms with Gasteiger partial charge in [-0.3, -0.25) is 4.79 Å². The summed E-state index contributed by atoms with van der Waals surface area (Å²) in [6.45, 7) is 5.85. The third-order valence-corrected chi connectivity index (χ3v) is 4.72. The number of halogens is 1. The van der Waals surface area contributed by atoms with Gasteiger partial charge in [0.25, 0.3) is 0 Å². The first-order valence-electron chi connectivity index (χ1n) is 6.24. The van der Waals surface area contributed by atoms with Crippen molar-refractivity contribution in [2.75, 3.05) is 17.7 Å². The zero-order valence-electron chi connectivity index (χ0n) is 11.4. The van der Waals surface area contributed by atoms with Gasteiger partial charge in [0.1, 0.15) is 0 Å². The smallest absolute Gasteiger partial charge is 0.237 e. The number of carbonyl (C=O) groups excluding carboxylic acids is 1. The number of benzene rings is 1. The van der Waals surface area contributed by atoms with Crippen LogP contribution in [0.4, 0.5) is 5.69 Å². The number of rotatable bonds is 6. The van der Waals surface area contributed by atoms with Crippen LogP contribution >= 0.6 is 23.4 Å². The number of nitrogens with one attached hydrogen (secondary N) is 1. The summed E-state index contributed by atoms with van der Waals surface area (Å²) < 4.78 is 0. The van der Waals surface area contributed by atoms with Gasteiger partial charge in [-0.15, -0.1) is 11.8 Å². The molecule has 19 heavy (non-hydrogen) atoms. The van der Waals surface area contributed by atoms with Crippen LogP contribution in [0, 0.1) is 12.8 Å². The Labute approximate surface area is 123 Å². The van der Waals surface area contributed by atoms with Gasteiger partial charge in [-0.25, -0.2) is 0 Å². The molecule has 0 fully saturated rings. The van der Waals surface area contributed by atoms with E-state index in [0.717, 1.165) is 17.0 Å². The Kier molecular flexibility index (Phi) is 6.69. The van der Waals surface area contributed by atoms with E-state index in [9.17, 15) is 4.79 Å². The first kappa shape index (κ1) is 16.3. The second kappa shape index (κ2) is 7.78. The van der Waals surface area contributed by atoms with Gasteiger partial charge < -0.3 is 10.4 Å². The van der Waals surface area contributed by atoms with Crippen LogP contribution in [-0.4, -0.2) is 28.6 Å². The molecular weight excluding hydrogens is 282 g/mol. The molecule has 3 nitrogen and oxygen atoms in total. The van der Waals surface area contributed by atoms with E-state index in [1.165, 1.54) is 0 Å². The Morgan fingerprint density at radius 3 is 2.79 bits per heavy atom. The minimum absolute atomic E-state index is 0.0412. The molecule has 1 aromatic carbocycles. The van der Waals surface area contributed by atoms with Crippen LogP contribution in [0.25, 0.3) is 0 Å². The first-order valence-corrected chi connectivity index (χ1v) is 7.66. The van der Waals surface area contributed by atoms with Crippen molar-refractivity contribution in [1.82, 2.24) is 0 Å². The highest BCUT2D eigenvalue weighted by Crippen LogP contribution is 2.24. The van der Waals surface area contributed by atoms with Crippen LogP contribution in [0.3, 0.4) is 0 Å². The number of aliphatic hydroxyl groups is 1. The first-order chi connectivity index (χ1) is 8.95. The maximum atomic E-state index is 12.0. The Balaban J connectivity index is 2.56. The molecule has 0 heterocycles. The number of hydrogen-bond acceptors (Lipinski definition) is 3. The standard InChI is InChI=1S/C14H20ClNO2S/c1-9(7-17)8-19-11(3)14(18)16-13-6-4-5-12(15)10(13)2/h4-6,9,11,17H,7-8H2,1-3H3,(H,16,18)/t9-,11+/m1/s1. The molecule has 0 aliphatic rings. The van der Waals surface area contributed by atoms with E-state index in [1.807, 2.05) is 32.9 Å². The molecule has 0 spiro atoms. The molecule has 106 valence electrons. The van der Waals surface area contributed by atoms with Gasteiger partial charge in [-0.1, -0.05) is 24.6 Å². The molecule has 1 aromatic rings. The van der Waals surface area contributed by atoms with Crippen LogP contribution in [0.15, 0.2) is 18.2 Å². The average molecular weight is 302 g/mol. The number of thioether (sulfide) groups is 1. The minimum atomic E-state index is -0.160. The summed E-state index contributed by atoms with van der Waals surface area (Å²) in [4.78, 5) is 12.0. The maximum Gasteiger partial charge on any atom is 0.237 e. The summed E-state index contributed by atoms with van der Waals surface area (Å²) in [5.41, 5.74) is 1.62. The van der Waals surface area contributed by atoms with E-state index in [-0.39, 0.29) is 23.7 Å². The summed E-state index contributed by atoms with van der Waals surface area (Å²) in [6.07, 6.45) is 0. The van der Waals surface area contributed by atoms with Crippen molar-refractivity contribution < 1.29 is 9.90 Å². The predicted molar refractivity (Wildman–Crippen MR) is 83.0 cm³/mol. The lowest BCUT2D eigenvalue weighted by Gasteiger charge is -2.15. The number of amides is 1. The van der Waals surface area contributed by atoms with Gasteiger partial charge in [-0.05, 0) is 43.2 Å². The summed E-state index contributed by atoms with van der Waals surface area (Å²) in [5.74, 6) is 0.924. The molecule has 2 atom stereocenters. The van der Waals surface area contributed by atoms with Crippen LogP contribution in [-0.2, 0) is 4.79 Å². The molecule has 0 saturated carbocycles. The normalized spacial score (nSPS) is 13.9. The van der Waals surface area contributed by atoms with Gasteiger partial charge in [0, 0.05) is 17.3 Å². The molecule has 0 aromatic heterocycles. The van der Waals surface area contributed by atoms with Crippen molar-refractivity contribution in [1.29, 1.82) is 0 Å². The van der Waals surface area contributed by atoms with Crippen LogP contribution in [0.5, 0.6) is 0 Å². The fraction of sp³-hybridized carbons (Fsp3) is 0.500. The topological polar surface area (TPSA) is 49.3 Å². The quantitative estimate of drug-likeness (QED) is 0.847. The van der Waals surface area contributed by atoms with Crippen molar-refractivity contribution in [2.24, 2.45) is 5.92 Å². The minimum Gasteiger partial charge on any atom is -0.396 e. The second-order valence-corrected chi connectivity index (χ2v) is 6.45. The third-order valence-electron chi connectivity index (χ3n) is 2.84. The van der Waals surface area contributed by atoms with Crippen molar-refractivity contribution in [2.45, 2.75) is 26.0 Å². The molecule has 0 aliphatic heterocycles. The van der Waals surface area contributed by atoms with E-state index in [4.69, 9.17) is 16.7 Å². The van der Waals surface area contributed by atoms with Gasteiger partial charge in [-0.2, -0.15) is 0 Å². The highest BCUT2D eigenvalue weighted by atomic mass is 35.5. The Morgan fingerprint density at radius 1 is 1.47 bits per heavy atom. The molecule has 0 unspecified atom stereocenters. The monoisotopic (exact) mass is 301 g/mol. The number of carbonyl (C=O) groups is 1. The molecule has 2 N–H and O–H groups in total. The van der Waals surface area contributed by atoms with Crippen LogP contribution in [0.2, 0.25) is 5.02 Å². The fourth-order valence-electron chi connectivity index (χ4n) is 1.41. The molecule has 0 bridgehead atoms. The highest BCUT2D eigenvalue weighted by Gasteiger charge is 2.16. The number of aliphatic hydroxyl groups excluding tert-OH is 1. The lowest BCUT2D eigenvalue weighted by molar-refractivity contribution is -0.115. The van der Waals surface area contributed by atoms with Crippen LogP contribution in [0.1, 0.15) is 19.4 Å². The van der Waals surface area contributed by atoms with Crippen molar-refractivity contribution in [3.63, 3.8) is 0 Å². The van der Waals surface area contributed by atoms with Gasteiger partial charge in [0.2, 0.25) is 5.91 Å². The van der Waals surface area contributed by atoms with E-state index in [0.29, 0.717) is 5.02 Å². The molecule has 0 saturated heterocycles. The second-order valence-electron chi connectivity index (χ2n) is 4.66. The summed E-state index contributed by atoms with van der Waals surface area (Å²) in [7, 11) is 0. The maximum absolute atomic E-state index is 12.0. The predicted octanol–water partition coefficient (Wildman–Crippen LogP) is 3.34. The third kappa shape index (κ3) is 5.05. The molecular formula is C14H20ClNO2S. The van der Waals surface area contributed by atoms with Crippen molar-refractivity contribution in [3.8, 4) is 0 Å². The summed E-state index contributed by atoms with van der Waals surface area (Å²) in [6, 6.07) is 5.46. The van der Waals surface area contributed by atoms with Crippen LogP contribution < -0.4 is 5.32 Å². The Morgan fingerprint density at radius 2 is 2.16 bits per heavy atom. The van der Waals surface area contributed by atoms with Gasteiger partial charge in [0.05, 0.1) is 5.25 Å². The van der Waals surface area contributed by atoms with Gasteiger partial charge in [0.15, 0.2) is 0 Å². The molecule has 0 aliphatic carbocycles. The average Bonchev–Trinajstić information content (AvgIpc) is 2.40. The van der Waals surface area contributed by atoms with E-state index in [2.05, 4.69) is 5.32 Å². The molecule has 0 radical (unpaired) electrons. The van der Waals surface area contributed by atoms with Crippen molar-refractivity contribution in [3.05, 3.63) is 28.8 Å². The molecule has 5 heteroatoms. The lowest BCUT2D eigenvalue weighted by atomic mass is 10.2. The van der Waals surface area contributed by atoms with E-state index < -0.39 is 0 Å². The summed E-state index contributed by atoms with van der Waals surface area (Å²) in [5, 5.41) is 12.3. The largest absolute Gasteiger partial charge is 0.396 e. The van der Waals surface area contributed by atoms with E-state index in [1.54, 1.807) is 17.8 Å². The van der Waals surface area contributed by atoms with E-state index >= 15 is 0 Å². The Hall–Kier alpha value is -0.710. The zero-order chi connectivity index (χ0) is 14.4. The molecule has 1 rings (SSSR count). The Bertz CT molecular complexity index is 439. The summed E-state index contributed by atoms with van der Waals surface area (Å²) >= 11 is 7.56. The van der Waals surface area contributed by atoms with Gasteiger partial charge >= 0.3 is 0 Å². The number of hydrogen-bond donors (Lipinski definition) is 2. The van der Waals surface area contributed by atoms with Crippen molar-refractivity contribution >= 4 is 35.0 Å². The molecule has 1 amide bonds. The lowest BCUT2D eigenvalue weighted by Crippen LogP contribution is -2.24.